The number of anilines is 1. The van der Waals surface area contributed by atoms with Crippen molar-refractivity contribution < 1.29 is 4.74 Å². The number of alkyl halides is 1. The van der Waals surface area contributed by atoms with Crippen LogP contribution in [0.15, 0.2) is 12.3 Å². The van der Waals surface area contributed by atoms with Crippen molar-refractivity contribution in [1.82, 2.24) is 9.97 Å². The van der Waals surface area contributed by atoms with Gasteiger partial charge in [-0.1, -0.05) is 19.8 Å². The number of nitrogens with one attached hydrogen (secondary N) is 1. The molecule has 0 aliphatic heterocycles. The topological polar surface area (TPSA) is 47.0 Å². The molecule has 0 saturated heterocycles. The average molecular weight is 284 g/mol. The number of rotatable bonds is 6. The molecule has 0 spiro atoms. The van der Waals surface area contributed by atoms with Gasteiger partial charge in [-0.15, -0.1) is 11.6 Å². The summed E-state index contributed by atoms with van der Waals surface area (Å²) in [6.45, 7) is 3.60. The summed E-state index contributed by atoms with van der Waals surface area (Å²) in [5.41, 5.74) is 0. The van der Waals surface area contributed by atoms with Crippen molar-refractivity contribution in [3.8, 4) is 5.88 Å². The normalized spacial score (nSPS) is 23.1. The van der Waals surface area contributed by atoms with Gasteiger partial charge >= 0.3 is 0 Å². The van der Waals surface area contributed by atoms with E-state index in [4.69, 9.17) is 16.3 Å². The van der Waals surface area contributed by atoms with E-state index in [1.54, 1.807) is 12.3 Å². The van der Waals surface area contributed by atoms with Gasteiger partial charge in [0, 0.05) is 24.2 Å². The first-order valence-electron chi connectivity index (χ1n) is 7.13. The molecule has 1 N–H and O–H groups in total. The second kappa shape index (κ2) is 7.53. The Morgan fingerprint density at radius 2 is 2.26 bits per heavy atom. The van der Waals surface area contributed by atoms with E-state index < -0.39 is 0 Å². The summed E-state index contributed by atoms with van der Waals surface area (Å²) in [5.74, 6) is 1.77. The molecule has 19 heavy (non-hydrogen) atoms. The molecule has 1 fully saturated rings. The highest BCUT2D eigenvalue weighted by Crippen LogP contribution is 2.28. The van der Waals surface area contributed by atoms with Crippen LogP contribution in [0.5, 0.6) is 5.88 Å². The lowest BCUT2D eigenvalue weighted by Crippen LogP contribution is -2.27. The average Bonchev–Trinajstić information content (AvgIpc) is 2.45. The van der Waals surface area contributed by atoms with E-state index in [2.05, 4.69) is 22.2 Å². The largest absolute Gasteiger partial charge is 0.478 e. The van der Waals surface area contributed by atoms with E-state index >= 15 is 0 Å². The van der Waals surface area contributed by atoms with Gasteiger partial charge in [0.25, 0.3) is 0 Å². The highest BCUT2D eigenvalue weighted by Gasteiger charge is 2.22. The third-order valence-electron chi connectivity index (χ3n) is 3.42. The molecule has 1 aromatic rings. The highest BCUT2D eigenvalue weighted by molar-refractivity contribution is 6.20. The van der Waals surface area contributed by atoms with Gasteiger partial charge in [-0.05, 0) is 25.2 Å². The van der Waals surface area contributed by atoms with E-state index in [9.17, 15) is 0 Å². The second-order valence-corrected chi connectivity index (χ2v) is 5.57. The smallest absolute Gasteiger partial charge is 0.225 e. The predicted molar refractivity (Wildman–Crippen MR) is 77.9 cm³/mol. The van der Waals surface area contributed by atoms with Crippen LogP contribution in [0, 0.1) is 5.92 Å². The van der Waals surface area contributed by atoms with Crippen LogP contribution in [-0.4, -0.2) is 28.5 Å². The molecule has 1 aromatic heterocycles. The Labute approximate surface area is 119 Å². The van der Waals surface area contributed by atoms with Gasteiger partial charge < -0.3 is 10.1 Å². The summed E-state index contributed by atoms with van der Waals surface area (Å²) < 4.78 is 5.49. The van der Waals surface area contributed by atoms with Crippen LogP contribution >= 0.6 is 11.6 Å². The summed E-state index contributed by atoms with van der Waals surface area (Å²) in [4.78, 5) is 8.54. The van der Waals surface area contributed by atoms with Gasteiger partial charge in [-0.25, -0.2) is 4.98 Å². The van der Waals surface area contributed by atoms with Crippen molar-refractivity contribution >= 4 is 17.5 Å². The molecule has 0 amide bonds. The quantitative estimate of drug-likeness (QED) is 0.812. The zero-order valence-corrected chi connectivity index (χ0v) is 12.2. The van der Waals surface area contributed by atoms with Gasteiger partial charge in [0.2, 0.25) is 11.8 Å². The van der Waals surface area contributed by atoms with Crippen LogP contribution in [0.3, 0.4) is 0 Å². The number of hydrogen-bond donors (Lipinski definition) is 1. The van der Waals surface area contributed by atoms with Crippen molar-refractivity contribution in [3.05, 3.63) is 12.3 Å². The van der Waals surface area contributed by atoms with E-state index in [0.29, 0.717) is 24.4 Å². The number of ether oxygens (including phenoxy) is 1. The summed E-state index contributed by atoms with van der Waals surface area (Å²) in [5, 5.41) is 3.55. The fraction of sp³-hybridized carbons (Fsp3) is 0.714. The fourth-order valence-corrected chi connectivity index (χ4v) is 2.70. The van der Waals surface area contributed by atoms with Gasteiger partial charge in [0.05, 0.1) is 6.61 Å². The molecule has 4 nitrogen and oxygen atoms in total. The Morgan fingerprint density at radius 3 is 3.05 bits per heavy atom. The van der Waals surface area contributed by atoms with Gasteiger partial charge in [-0.3, -0.25) is 0 Å². The van der Waals surface area contributed by atoms with Gasteiger partial charge in [-0.2, -0.15) is 4.98 Å². The maximum Gasteiger partial charge on any atom is 0.225 e. The van der Waals surface area contributed by atoms with Crippen LogP contribution in [0.2, 0.25) is 0 Å². The van der Waals surface area contributed by atoms with Crippen LogP contribution in [-0.2, 0) is 0 Å². The molecule has 2 atom stereocenters. The molecule has 2 rings (SSSR count). The molecular weight excluding hydrogens is 262 g/mol. The first kappa shape index (κ1) is 14.4. The second-order valence-electron chi connectivity index (χ2n) is 5.01. The molecule has 5 heteroatoms. The zero-order valence-electron chi connectivity index (χ0n) is 11.4. The predicted octanol–water partition coefficient (Wildman–Crippen LogP) is 3.47. The first-order valence-corrected chi connectivity index (χ1v) is 7.57. The minimum Gasteiger partial charge on any atom is -0.478 e. The molecule has 1 saturated carbocycles. The standard InChI is InChI=1S/C14H22ClN3O/c1-2-9-19-13-7-8-16-14(18-13)17-10-11-5-3-4-6-12(11)15/h7-8,11-12H,2-6,9-10H2,1H3,(H,16,17,18). The molecule has 0 aromatic carbocycles. The third kappa shape index (κ3) is 4.53. The highest BCUT2D eigenvalue weighted by atomic mass is 35.5. The Morgan fingerprint density at radius 1 is 1.42 bits per heavy atom. The van der Waals surface area contributed by atoms with Crippen molar-refractivity contribution in [2.45, 2.75) is 44.4 Å². The van der Waals surface area contributed by atoms with Crippen molar-refractivity contribution in [3.63, 3.8) is 0 Å². The summed E-state index contributed by atoms with van der Waals surface area (Å²) >= 11 is 6.34. The number of hydrogen-bond acceptors (Lipinski definition) is 4. The number of halogens is 1. The van der Waals surface area contributed by atoms with Gasteiger partial charge in [0.1, 0.15) is 0 Å². The Bertz CT molecular complexity index is 389. The maximum absolute atomic E-state index is 6.34. The first-order chi connectivity index (χ1) is 9.29. The Kier molecular flexibility index (Phi) is 5.70. The lowest BCUT2D eigenvalue weighted by molar-refractivity contribution is 0.305. The van der Waals surface area contributed by atoms with E-state index in [1.165, 1.54) is 19.3 Å². The molecule has 1 aliphatic carbocycles. The Hall–Kier alpha value is -1.03. The molecular formula is C14H22ClN3O. The monoisotopic (exact) mass is 283 g/mol. The van der Waals surface area contributed by atoms with Crippen LogP contribution < -0.4 is 10.1 Å². The van der Waals surface area contributed by atoms with E-state index in [0.717, 1.165) is 19.4 Å². The van der Waals surface area contributed by atoms with Crippen molar-refractivity contribution in [2.24, 2.45) is 5.92 Å². The molecule has 1 aliphatic rings. The summed E-state index contributed by atoms with van der Waals surface area (Å²) in [6, 6.07) is 1.78. The number of nitrogens with zero attached hydrogens (tertiary/aromatic N) is 2. The number of aromatic nitrogens is 2. The Balaban J connectivity index is 1.84. The maximum atomic E-state index is 6.34. The van der Waals surface area contributed by atoms with Crippen LogP contribution in [0.25, 0.3) is 0 Å². The molecule has 1 heterocycles. The van der Waals surface area contributed by atoms with E-state index in [1.807, 2.05) is 0 Å². The molecule has 106 valence electrons. The van der Waals surface area contributed by atoms with E-state index in [-0.39, 0.29) is 5.38 Å². The minimum absolute atomic E-state index is 0.278. The van der Waals surface area contributed by atoms with Gasteiger partial charge in [0.15, 0.2) is 0 Å². The molecule has 2 unspecified atom stereocenters. The lowest BCUT2D eigenvalue weighted by atomic mass is 9.89. The molecule has 0 bridgehead atoms. The fourth-order valence-electron chi connectivity index (χ4n) is 2.33. The summed E-state index contributed by atoms with van der Waals surface area (Å²) in [7, 11) is 0. The molecule has 0 radical (unpaired) electrons. The third-order valence-corrected chi connectivity index (χ3v) is 4.00. The summed E-state index contributed by atoms with van der Waals surface area (Å²) in [6.07, 6.45) is 7.53. The van der Waals surface area contributed by atoms with Crippen molar-refractivity contribution in [2.75, 3.05) is 18.5 Å². The van der Waals surface area contributed by atoms with Crippen molar-refractivity contribution in [1.29, 1.82) is 0 Å². The SMILES string of the molecule is CCCOc1ccnc(NCC2CCCCC2Cl)n1. The minimum atomic E-state index is 0.278. The zero-order chi connectivity index (χ0) is 13.5. The van der Waals surface area contributed by atoms with Crippen LogP contribution in [0.4, 0.5) is 5.95 Å². The lowest BCUT2D eigenvalue weighted by Gasteiger charge is -2.27. The van der Waals surface area contributed by atoms with Crippen LogP contribution in [0.1, 0.15) is 39.0 Å².